The predicted octanol–water partition coefficient (Wildman–Crippen LogP) is 5.01. The number of fused-ring (bicyclic) bond motifs is 2. The molecular weight excluding hydrogens is 358 g/mol. The highest BCUT2D eigenvalue weighted by Gasteiger charge is 2.20. The molecule has 2 N–H and O–H groups in total. The van der Waals surface area contributed by atoms with Gasteiger partial charge in [-0.15, -0.1) is 0 Å². The highest BCUT2D eigenvalue weighted by molar-refractivity contribution is 5.83. The number of rotatable bonds is 5. The first kappa shape index (κ1) is 17.7. The molecule has 146 valence electrons. The lowest BCUT2D eigenvalue weighted by Crippen LogP contribution is -2.26. The van der Waals surface area contributed by atoms with E-state index in [1.165, 1.54) is 27.7 Å². The van der Waals surface area contributed by atoms with Gasteiger partial charge in [-0.2, -0.15) is 4.98 Å². The molecule has 0 saturated carbocycles. The number of nitrogens with one attached hydrogen (secondary N) is 2. The minimum atomic E-state index is 0.784. The van der Waals surface area contributed by atoms with Gasteiger partial charge in [0, 0.05) is 47.6 Å². The molecule has 0 radical (unpaired) electrons. The Balaban J connectivity index is 1.34. The van der Waals surface area contributed by atoms with Crippen LogP contribution in [0.2, 0.25) is 0 Å². The molecule has 0 aliphatic carbocycles. The van der Waals surface area contributed by atoms with E-state index in [2.05, 4.69) is 69.9 Å². The smallest absolute Gasteiger partial charge is 0.232 e. The van der Waals surface area contributed by atoms with E-state index < -0.39 is 0 Å². The van der Waals surface area contributed by atoms with E-state index in [1.807, 2.05) is 13.0 Å². The van der Waals surface area contributed by atoms with Gasteiger partial charge in [-0.05, 0) is 49.4 Å². The average molecular weight is 383 g/mol. The maximum atomic E-state index is 4.83. The molecule has 5 nitrogen and oxygen atoms in total. The van der Waals surface area contributed by atoms with Crippen LogP contribution in [0.3, 0.4) is 0 Å². The SMILES string of the molecule is Cc1cc(NCCc2c[nH]c3ccccc23)nc(N2CCCc3ccccc32)n1. The first-order valence-electron chi connectivity index (χ1n) is 10.3. The number of benzene rings is 2. The van der Waals surface area contributed by atoms with Gasteiger partial charge >= 0.3 is 0 Å². The van der Waals surface area contributed by atoms with E-state index in [9.17, 15) is 0 Å². The average Bonchev–Trinajstić information content (AvgIpc) is 3.16. The molecule has 5 rings (SSSR count). The summed E-state index contributed by atoms with van der Waals surface area (Å²) in [5, 5.41) is 4.79. The maximum absolute atomic E-state index is 4.83. The quantitative estimate of drug-likeness (QED) is 0.509. The summed E-state index contributed by atoms with van der Waals surface area (Å²) < 4.78 is 0. The number of aromatic amines is 1. The highest BCUT2D eigenvalue weighted by atomic mass is 15.3. The van der Waals surface area contributed by atoms with Gasteiger partial charge in [0.1, 0.15) is 5.82 Å². The second kappa shape index (κ2) is 7.59. The monoisotopic (exact) mass is 383 g/mol. The van der Waals surface area contributed by atoms with Crippen LogP contribution < -0.4 is 10.2 Å². The van der Waals surface area contributed by atoms with Crippen molar-refractivity contribution in [3.63, 3.8) is 0 Å². The van der Waals surface area contributed by atoms with Crippen molar-refractivity contribution < 1.29 is 0 Å². The number of H-pyrrole nitrogens is 1. The molecule has 29 heavy (non-hydrogen) atoms. The van der Waals surface area contributed by atoms with Crippen LogP contribution in [0.15, 0.2) is 60.8 Å². The van der Waals surface area contributed by atoms with Crippen molar-refractivity contribution in [2.75, 3.05) is 23.3 Å². The fraction of sp³-hybridized carbons (Fsp3) is 0.250. The van der Waals surface area contributed by atoms with Crippen LogP contribution in [0, 0.1) is 6.92 Å². The Morgan fingerprint density at radius 1 is 1.07 bits per heavy atom. The lowest BCUT2D eigenvalue weighted by atomic mass is 10.0. The summed E-state index contributed by atoms with van der Waals surface area (Å²) >= 11 is 0. The minimum Gasteiger partial charge on any atom is -0.370 e. The standard InChI is InChI=1S/C24H25N5/c1-17-15-23(25-13-12-19-16-26-21-10-4-3-9-20(19)21)28-24(27-17)29-14-6-8-18-7-2-5-11-22(18)29/h2-5,7,9-11,15-16,26H,6,8,12-14H2,1H3,(H,25,27,28). The van der Waals surface area contributed by atoms with Crippen LogP contribution in [0.25, 0.3) is 10.9 Å². The first-order chi connectivity index (χ1) is 14.3. The minimum absolute atomic E-state index is 0.784. The second-order valence-corrected chi connectivity index (χ2v) is 7.61. The predicted molar refractivity (Wildman–Crippen MR) is 119 cm³/mol. The molecule has 5 heteroatoms. The van der Waals surface area contributed by atoms with Crippen LogP contribution in [-0.4, -0.2) is 28.0 Å². The van der Waals surface area contributed by atoms with Gasteiger partial charge < -0.3 is 15.2 Å². The third kappa shape index (κ3) is 3.56. The van der Waals surface area contributed by atoms with Crippen molar-refractivity contribution in [3.05, 3.63) is 77.6 Å². The maximum Gasteiger partial charge on any atom is 0.232 e. The topological polar surface area (TPSA) is 56.8 Å². The number of aromatic nitrogens is 3. The molecule has 1 aliphatic rings. The summed E-state index contributed by atoms with van der Waals surface area (Å²) in [6.45, 7) is 3.81. The molecule has 0 unspecified atom stereocenters. The molecule has 3 heterocycles. The Morgan fingerprint density at radius 3 is 2.90 bits per heavy atom. The number of aryl methyl sites for hydroxylation is 2. The van der Waals surface area contributed by atoms with Crippen LogP contribution in [0.1, 0.15) is 23.2 Å². The third-order valence-electron chi connectivity index (χ3n) is 5.57. The second-order valence-electron chi connectivity index (χ2n) is 7.61. The summed E-state index contributed by atoms with van der Waals surface area (Å²) in [5.41, 5.74) is 6.09. The van der Waals surface area contributed by atoms with Gasteiger partial charge in [-0.25, -0.2) is 4.98 Å². The molecule has 0 amide bonds. The van der Waals surface area contributed by atoms with E-state index in [0.29, 0.717) is 0 Å². The lowest BCUT2D eigenvalue weighted by Gasteiger charge is -2.29. The molecule has 0 fully saturated rings. The molecule has 1 aliphatic heterocycles. The van der Waals surface area contributed by atoms with Crippen molar-refractivity contribution in [1.82, 2.24) is 15.0 Å². The fourth-order valence-corrected chi connectivity index (χ4v) is 4.17. The molecule has 2 aromatic carbocycles. The van der Waals surface area contributed by atoms with Crippen molar-refractivity contribution in [1.29, 1.82) is 0 Å². The van der Waals surface area contributed by atoms with Gasteiger partial charge in [0.15, 0.2) is 0 Å². The number of nitrogens with zero attached hydrogens (tertiary/aromatic N) is 3. The van der Waals surface area contributed by atoms with E-state index in [1.54, 1.807) is 0 Å². The number of para-hydroxylation sites is 2. The van der Waals surface area contributed by atoms with E-state index >= 15 is 0 Å². The number of hydrogen-bond donors (Lipinski definition) is 2. The van der Waals surface area contributed by atoms with Crippen LogP contribution in [-0.2, 0) is 12.8 Å². The van der Waals surface area contributed by atoms with Gasteiger partial charge in [0.2, 0.25) is 5.95 Å². The molecule has 0 saturated heterocycles. The van der Waals surface area contributed by atoms with Crippen molar-refractivity contribution >= 4 is 28.4 Å². The lowest BCUT2D eigenvalue weighted by molar-refractivity contribution is 0.749. The summed E-state index contributed by atoms with van der Waals surface area (Å²) in [7, 11) is 0. The van der Waals surface area contributed by atoms with Gasteiger partial charge in [-0.3, -0.25) is 0 Å². The van der Waals surface area contributed by atoms with Crippen molar-refractivity contribution in [3.8, 4) is 0 Å². The Hall–Kier alpha value is -3.34. The van der Waals surface area contributed by atoms with Gasteiger partial charge in [0.25, 0.3) is 0 Å². The Morgan fingerprint density at radius 2 is 1.93 bits per heavy atom. The third-order valence-corrected chi connectivity index (χ3v) is 5.57. The van der Waals surface area contributed by atoms with Crippen LogP contribution in [0.5, 0.6) is 0 Å². The zero-order valence-corrected chi connectivity index (χ0v) is 16.7. The Kier molecular flexibility index (Phi) is 4.64. The van der Waals surface area contributed by atoms with E-state index in [4.69, 9.17) is 9.97 Å². The van der Waals surface area contributed by atoms with Crippen LogP contribution in [0.4, 0.5) is 17.5 Å². The number of hydrogen-bond acceptors (Lipinski definition) is 4. The molecule has 0 atom stereocenters. The zero-order chi connectivity index (χ0) is 19.6. The summed E-state index contributed by atoms with van der Waals surface area (Å²) in [5.74, 6) is 1.67. The van der Waals surface area contributed by atoms with Gasteiger partial charge in [-0.1, -0.05) is 36.4 Å². The van der Waals surface area contributed by atoms with E-state index in [-0.39, 0.29) is 0 Å². The Labute approximate surface area is 170 Å². The van der Waals surface area contributed by atoms with Crippen LogP contribution >= 0.6 is 0 Å². The first-order valence-corrected chi connectivity index (χ1v) is 10.3. The number of anilines is 3. The fourth-order valence-electron chi connectivity index (χ4n) is 4.17. The normalized spacial score (nSPS) is 13.5. The summed E-state index contributed by atoms with van der Waals surface area (Å²) in [6.07, 6.45) is 5.29. The van der Waals surface area contributed by atoms with Crippen molar-refractivity contribution in [2.24, 2.45) is 0 Å². The highest BCUT2D eigenvalue weighted by Crippen LogP contribution is 2.32. The largest absolute Gasteiger partial charge is 0.370 e. The summed E-state index contributed by atoms with van der Waals surface area (Å²) in [4.78, 5) is 15.2. The summed E-state index contributed by atoms with van der Waals surface area (Å²) in [6, 6.07) is 19.0. The molecule has 2 aromatic heterocycles. The Bertz CT molecular complexity index is 1150. The molecule has 0 bridgehead atoms. The molecule has 4 aromatic rings. The van der Waals surface area contributed by atoms with E-state index in [0.717, 1.165) is 49.8 Å². The molecule has 0 spiro atoms. The van der Waals surface area contributed by atoms with Crippen molar-refractivity contribution in [2.45, 2.75) is 26.2 Å². The van der Waals surface area contributed by atoms with Gasteiger partial charge in [0.05, 0.1) is 0 Å². The zero-order valence-electron chi connectivity index (χ0n) is 16.7. The molecular formula is C24H25N5.